The number of hydrogen-bond donors (Lipinski definition) is 2. The summed E-state index contributed by atoms with van der Waals surface area (Å²) in [4.78, 5) is 4.29. The van der Waals surface area contributed by atoms with E-state index < -0.39 is 0 Å². The summed E-state index contributed by atoms with van der Waals surface area (Å²) in [6, 6.07) is 9.31. The first-order chi connectivity index (χ1) is 9.72. The molecule has 0 atom stereocenters. The van der Waals surface area contributed by atoms with Crippen molar-refractivity contribution in [2.45, 2.75) is 6.92 Å². The number of para-hydroxylation sites is 1. The molecular weight excluding hydrogens is 256 g/mol. The Bertz CT molecular complexity index is 807. The van der Waals surface area contributed by atoms with Gasteiger partial charge in [0.15, 0.2) is 11.7 Å². The summed E-state index contributed by atoms with van der Waals surface area (Å²) in [5.74, 6) is 0.471. The second-order valence-corrected chi connectivity index (χ2v) is 4.30. The van der Waals surface area contributed by atoms with Gasteiger partial charge in [-0.05, 0) is 30.7 Å². The fraction of sp³-hybridized carbons (Fsp3) is 0.0769. The average molecular weight is 268 g/mol. The van der Waals surface area contributed by atoms with E-state index in [1.54, 1.807) is 16.9 Å². The topological polar surface area (TPSA) is 102 Å². The second kappa shape index (κ2) is 4.61. The van der Waals surface area contributed by atoms with E-state index in [-0.39, 0.29) is 5.84 Å². The molecule has 100 valence electrons. The lowest BCUT2D eigenvalue weighted by Crippen LogP contribution is -2.19. The molecule has 0 aliphatic heterocycles. The van der Waals surface area contributed by atoms with Crippen molar-refractivity contribution in [1.29, 1.82) is 0 Å². The lowest BCUT2D eigenvalue weighted by Gasteiger charge is -2.10. The Balaban J connectivity index is 2.33. The normalized spacial score (nSPS) is 11.9. The van der Waals surface area contributed by atoms with E-state index in [2.05, 4.69) is 20.5 Å². The molecule has 7 nitrogen and oxygen atoms in total. The molecular formula is C13H12N6O. The van der Waals surface area contributed by atoms with Gasteiger partial charge >= 0.3 is 0 Å². The Labute approximate surface area is 114 Å². The molecule has 7 heteroatoms. The van der Waals surface area contributed by atoms with Gasteiger partial charge in [-0.25, -0.2) is 4.98 Å². The van der Waals surface area contributed by atoms with Crippen LogP contribution in [0.1, 0.15) is 11.1 Å². The van der Waals surface area contributed by atoms with E-state index in [9.17, 15) is 0 Å². The molecule has 2 heterocycles. The van der Waals surface area contributed by atoms with Crippen molar-refractivity contribution < 1.29 is 5.21 Å². The zero-order valence-electron chi connectivity index (χ0n) is 10.7. The lowest BCUT2D eigenvalue weighted by molar-refractivity contribution is 0.318. The van der Waals surface area contributed by atoms with Crippen LogP contribution in [0.2, 0.25) is 0 Å². The number of oxime groups is 1. The van der Waals surface area contributed by atoms with Crippen LogP contribution in [0.5, 0.6) is 0 Å². The molecule has 0 aliphatic rings. The highest BCUT2D eigenvalue weighted by Gasteiger charge is 2.16. The van der Waals surface area contributed by atoms with Gasteiger partial charge in [-0.2, -0.15) is 4.68 Å². The molecule has 3 N–H and O–H groups in total. The summed E-state index contributed by atoms with van der Waals surface area (Å²) in [5, 5.41) is 20.2. The van der Waals surface area contributed by atoms with Crippen LogP contribution < -0.4 is 5.73 Å². The Morgan fingerprint density at radius 3 is 2.90 bits per heavy atom. The third-order valence-corrected chi connectivity index (χ3v) is 3.06. The summed E-state index contributed by atoms with van der Waals surface area (Å²) < 4.78 is 1.58. The molecule has 0 spiro atoms. The Morgan fingerprint density at radius 2 is 2.10 bits per heavy atom. The molecule has 0 radical (unpaired) electrons. The van der Waals surface area contributed by atoms with Crippen molar-refractivity contribution in [2.24, 2.45) is 10.9 Å². The lowest BCUT2D eigenvalue weighted by atomic mass is 10.1. The molecule has 3 rings (SSSR count). The third kappa shape index (κ3) is 1.76. The van der Waals surface area contributed by atoms with Gasteiger partial charge in [0.05, 0.1) is 11.1 Å². The molecule has 0 fully saturated rings. The maximum Gasteiger partial charge on any atom is 0.174 e. The molecule has 3 aromatic rings. The van der Waals surface area contributed by atoms with Crippen LogP contribution in [0.3, 0.4) is 0 Å². The summed E-state index contributed by atoms with van der Waals surface area (Å²) >= 11 is 0. The van der Waals surface area contributed by atoms with E-state index in [1.165, 1.54) is 0 Å². The largest absolute Gasteiger partial charge is 0.409 e. The minimum atomic E-state index is -0.00909. The van der Waals surface area contributed by atoms with Gasteiger partial charge in [-0.15, -0.1) is 5.10 Å². The van der Waals surface area contributed by atoms with Gasteiger partial charge in [0.2, 0.25) is 0 Å². The molecule has 20 heavy (non-hydrogen) atoms. The zero-order chi connectivity index (χ0) is 14.1. The highest BCUT2D eigenvalue weighted by atomic mass is 16.4. The minimum Gasteiger partial charge on any atom is -0.409 e. The zero-order valence-corrected chi connectivity index (χ0v) is 10.7. The maximum absolute atomic E-state index is 8.94. The monoisotopic (exact) mass is 268 g/mol. The predicted molar refractivity (Wildman–Crippen MR) is 73.9 cm³/mol. The van der Waals surface area contributed by atoms with Crippen molar-refractivity contribution in [3.63, 3.8) is 0 Å². The van der Waals surface area contributed by atoms with Crippen LogP contribution in [-0.2, 0) is 0 Å². The number of hydrogen-bond acceptors (Lipinski definition) is 5. The van der Waals surface area contributed by atoms with Crippen molar-refractivity contribution in [1.82, 2.24) is 20.0 Å². The van der Waals surface area contributed by atoms with E-state index >= 15 is 0 Å². The van der Waals surface area contributed by atoms with Crippen LogP contribution >= 0.6 is 0 Å². The van der Waals surface area contributed by atoms with Crippen LogP contribution in [-0.4, -0.2) is 31.0 Å². The smallest absolute Gasteiger partial charge is 0.174 e. The fourth-order valence-corrected chi connectivity index (χ4v) is 2.10. The first-order valence-electron chi connectivity index (χ1n) is 5.96. The van der Waals surface area contributed by atoms with Crippen LogP contribution in [0, 0.1) is 6.92 Å². The number of nitrogens with zero attached hydrogens (tertiary/aromatic N) is 5. The average Bonchev–Trinajstić information content (AvgIpc) is 2.90. The van der Waals surface area contributed by atoms with Gasteiger partial charge in [-0.1, -0.05) is 22.5 Å². The number of rotatable bonds is 2. The van der Waals surface area contributed by atoms with Gasteiger partial charge in [0.25, 0.3) is 0 Å². The van der Waals surface area contributed by atoms with E-state index in [4.69, 9.17) is 10.9 Å². The Morgan fingerprint density at radius 1 is 1.30 bits per heavy atom. The standard InChI is InChI=1S/C13H12N6O/c1-8-6-7-15-13(11(8)12(14)17-20)19-10-5-3-2-4-9(10)16-18-19/h2-7,20H,1H3,(H2,14,17). The van der Waals surface area contributed by atoms with Crippen molar-refractivity contribution in [3.05, 3.63) is 47.7 Å². The Kier molecular flexibility index (Phi) is 2.79. The highest BCUT2D eigenvalue weighted by molar-refractivity contribution is 6.01. The van der Waals surface area contributed by atoms with Crippen LogP contribution in [0.15, 0.2) is 41.7 Å². The number of pyridine rings is 1. The highest BCUT2D eigenvalue weighted by Crippen LogP contribution is 2.19. The van der Waals surface area contributed by atoms with Crippen LogP contribution in [0.25, 0.3) is 16.9 Å². The first-order valence-corrected chi connectivity index (χ1v) is 5.96. The number of fused-ring (bicyclic) bond motifs is 1. The van der Waals surface area contributed by atoms with Crippen molar-refractivity contribution >= 4 is 16.9 Å². The summed E-state index contributed by atoms with van der Waals surface area (Å²) in [7, 11) is 0. The number of aromatic nitrogens is 4. The summed E-state index contributed by atoms with van der Waals surface area (Å²) in [5.41, 5.74) is 8.67. The fourth-order valence-electron chi connectivity index (χ4n) is 2.10. The molecule has 0 unspecified atom stereocenters. The predicted octanol–water partition coefficient (Wildman–Crippen LogP) is 1.22. The number of benzene rings is 1. The van der Waals surface area contributed by atoms with E-state index in [0.717, 1.165) is 16.6 Å². The summed E-state index contributed by atoms with van der Waals surface area (Å²) in [6.45, 7) is 1.86. The number of amidine groups is 1. The van der Waals surface area contributed by atoms with E-state index in [1.807, 2.05) is 31.2 Å². The number of nitrogens with two attached hydrogens (primary N) is 1. The molecule has 0 saturated carbocycles. The van der Waals surface area contributed by atoms with Crippen LogP contribution in [0.4, 0.5) is 0 Å². The third-order valence-electron chi connectivity index (χ3n) is 3.06. The Hall–Kier alpha value is -2.96. The quantitative estimate of drug-likeness (QED) is 0.315. The first kappa shape index (κ1) is 12.1. The maximum atomic E-state index is 8.94. The molecule has 0 aliphatic carbocycles. The van der Waals surface area contributed by atoms with Gasteiger partial charge in [0.1, 0.15) is 5.52 Å². The van der Waals surface area contributed by atoms with Gasteiger partial charge < -0.3 is 10.9 Å². The minimum absolute atomic E-state index is 0.00909. The molecule has 2 aromatic heterocycles. The number of aryl methyl sites for hydroxylation is 1. The van der Waals surface area contributed by atoms with E-state index in [0.29, 0.717) is 11.4 Å². The van der Waals surface area contributed by atoms with Gasteiger partial charge in [-0.3, -0.25) is 0 Å². The molecule has 0 saturated heterocycles. The molecule has 0 bridgehead atoms. The summed E-state index contributed by atoms with van der Waals surface area (Å²) in [6.07, 6.45) is 1.65. The molecule has 0 amide bonds. The second-order valence-electron chi connectivity index (χ2n) is 4.30. The SMILES string of the molecule is Cc1ccnc(-n2nnc3ccccc32)c1/C(N)=N/O. The van der Waals surface area contributed by atoms with Crippen molar-refractivity contribution in [3.8, 4) is 5.82 Å². The van der Waals surface area contributed by atoms with Crippen molar-refractivity contribution in [2.75, 3.05) is 0 Å². The van der Waals surface area contributed by atoms with Gasteiger partial charge in [0, 0.05) is 6.20 Å². The molecule has 1 aromatic carbocycles.